The number of ether oxygens (including phenoxy) is 1. The summed E-state index contributed by atoms with van der Waals surface area (Å²) in [5.74, 6) is 1.01. The van der Waals surface area contributed by atoms with Crippen LogP contribution in [0.1, 0.15) is 81.9 Å². The first-order valence-electron chi connectivity index (χ1n) is 8.73. The molecule has 1 aliphatic heterocycles. The monoisotopic (exact) mass is 289 g/mol. The summed E-state index contributed by atoms with van der Waals surface area (Å²) < 4.78 is 6.12. The molecular weight excluding hydrogens is 258 g/mol. The van der Waals surface area contributed by atoms with Gasteiger partial charge >= 0.3 is 0 Å². The van der Waals surface area contributed by atoms with Crippen LogP contribution in [-0.4, -0.2) is 6.10 Å². The van der Waals surface area contributed by atoms with Gasteiger partial charge in [0.2, 0.25) is 0 Å². The van der Waals surface area contributed by atoms with E-state index < -0.39 is 0 Å². The second-order valence-electron chi connectivity index (χ2n) is 6.53. The van der Waals surface area contributed by atoms with Crippen LogP contribution >= 0.6 is 0 Å². The molecule has 0 bridgehead atoms. The summed E-state index contributed by atoms with van der Waals surface area (Å²) in [6.45, 7) is 4.38. The number of rotatable bonds is 8. The molecule has 0 saturated carbocycles. The molecule has 0 aromatic heterocycles. The second kappa shape index (κ2) is 8.43. The lowest BCUT2D eigenvalue weighted by Crippen LogP contribution is -2.29. The van der Waals surface area contributed by atoms with Gasteiger partial charge in [0.1, 0.15) is 11.9 Å². The van der Waals surface area contributed by atoms with Gasteiger partial charge in [0.15, 0.2) is 0 Å². The van der Waals surface area contributed by atoms with Gasteiger partial charge in [-0.15, -0.1) is 0 Å². The first kappa shape index (κ1) is 16.4. The van der Waals surface area contributed by atoms with Crippen LogP contribution in [-0.2, 0) is 0 Å². The Balaban J connectivity index is 1.70. The molecule has 21 heavy (non-hydrogen) atoms. The van der Waals surface area contributed by atoms with Crippen LogP contribution in [0.2, 0.25) is 0 Å². The smallest absolute Gasteiger partial charge is 0.124 e. The molecule has 2 nitrogen and oxygen atoms in total. The highest BCUT2D eigenvalue weighted by molar-refractivity contribution is 5.40. The molecule has 2 heteroatoms. The highest BCUT2D eigenvalue weighted by Gasteiger charge is 2.25. The van der Waals surface area contributed by atoms with Gasteiger partial charge in [0.05, 0.1) is 0 Å². The van der Waals surface area contributed by atoms with E-state index in [1.807, 2.05) is 0 Å². The number of fused-ring (bicyclic) bond motifs is 1. The van der Waals surface area contributed by atoms with Crippen LogP contribution in [0.15, 0.2) is 18.2 Å². The standard InChI is InChI=1S/C19H31NO/c1-3-4-5-6-7-8-9-10-16-14-18(20)17-13-15(2)11-12-19(17)21-16/h11-13,16,18H,3-10,14,20H2,1-2H3/t16?,18-/m1/s1. The molecule has 1 heterocycles. The zero-order valence-corrected chi connectivity index (χ0v) is 13.7. The van der Waals surface area contributed by atoms with Crippen LogP contribution in [0.25, 0.3) is 0 Å². The largest absolute Gasteiger partial charge is 0.490 e. The number of nitrogens with two attached hydrogens (primary N) is 1. The Morgan fingerprint density at radius 2 is 1.81 bits per heavy atom. The van der Waals surface area contributed by atoms with E-state index in [9.17, 15) is 0 Å². The minimum absolute atomic E-state index is 0.142. The topological polar surface area (TPSA) is 35.2 Å². The van der Waals surface area contributed by atoms with Crippen LogP contribution < -0.4 is 10.5 Å². The third-order valence-corrected chi connectivity index (χ3v) is 4.50. The van der Waals surface area contributed by atoms with Crippen molar-refractivity contribution in [2.75, 3.05) is 0 Å². The number of unbranched alkanes of at least 4 members (excludes halogenated alkanes) is 6. The fraction of sp³-hybridized carbons (Fsp3) is 0.684. The number of benzene rings is 1. The van der Waals surface area contributed by atoms with E-state index in [1.54, 1.807) is 0 Å². The molecule has 1 aromatic carbocycles. The Morgan fingerprint density at radius 3 is 2.57 bits per heavy atom. The maximum absolute atomic E-state index is 6.31. The highest BCUT2D eigenvalue weighted by atomic mass is 16.5. The Bertz CT molecular complexity index is 430. The normalized spacial score (nSPS) is 20.9. The quantitative estimate of drug-likeness (QED) is 0.660. The van der Waals surface area contributed by atoms with Gasteiger partial charge in [0.25, 0.3) is 0 Å². The SMILES string of the molecule is CCCCCCCCCC1C[C@@H](N)c2cc(C)ccc2O1. The molecule has 1 aromatic rings. The number of hydrogen-bond acceptors (Lipinski definition) is 2. The van der Waals surface area contributed by atoms with Crippen molar-refractivity contribution in [3.63, 3.8) is 0 Å². The molecule has 0 radical (unpaired) electrons. The van der Waals surface area contributed by atoms with Gasteiger partial charge in [-0.1, -0.05) is 63.1 Å². The minimum atomic E-state index is 0.142. The van der Waals surface area contributed by atoms with Gasteiger partial charge < -0.3 is 10.5 Å². The summed E-state index contributed by atoms with van der Waals surface area (Å²) in [6, 6.07) is 6.51. The van der Waals surface area contributed by atoms with Crippen molar-refractivity contribution in [2.24, 2.45) is 5.73 Å². The summed E-state index contributed by atoms with van der Waals surface area (Å²) >= 11 is 0. The van der Waals surface area contributed by atoms with Gasteiger partial charge in [-0.05, 0) is 25.8 Å². The zero-order chi connectivity index (χ0) is 15.1. The van der Waals surface area contributed by atoms with E-state index in [0.29, 0.717) is 6.10 Å². The van der Waals surface area contributed by atoms with Crippen molar-refractivity contribution in [1.82, 2.24) is 0 Å². The molecular formula is C19H31NO. The molecule has 0 fully saturated rings. The summed E-state index contributed by atoms with van der Waals surface area (Å²) in [5, 5.41) is 0. The molecule has 0 saturated heterocycles. The van der Waals surface area contributed by atoms with Gasteiger partial charge in [-0.3, -0.25) is 0 Å². The van der Waals surface area contributed by atoms with Crippen LogP contribution in [0.4, 0.5) is 0 Å². The Labute approximate surface area is 130 Å². The van der Waals surface area contributed by atoms with Gasteiger partial charge in [-0.25, -0.2) is 0 Å². The Hall–Kier alpha value is -1.02. The molecule has 118 valence electrons. The predicted molar refractivity (Wildman–Crippen MR) is 89.8 cm³/mol. The molecule has 2 rings (SSSR count). The summed E-state index contributed by atoms with van der Waals surface area (Å²) in [5.41, 5.74) is 8.76. The Kier molecular flexibility index (Phi) is 6.56. The Morgan fingerprint density at radius 1 is 1.10 bits per heavy atom. The maximum Gasteiger partial charge on any atom is 0.124 e. The van der Waals surface area contributed by atoms with Crippen molar-refractivity contribution in [3.05, 3.63) is 29.3 Å². The molecule has 0 amide bonds. The highest BCUT2D eigenvalue weighted by Crippen LogP contribution is 2.35. The third-order valence-electron chi connectivity index (χ3n) is 4.50. The molecule has 0 aliphatic carbocycles. The van der Waals surface area contributed by atoms with Crippen molar-refractivity contribution >= 4 is 0 Å². The van der Waals surface area contributed by atoms with Crippen LogP contribution in [0, 0.1) is 6.92 Å². The molecule has 0 spiro atoms. The summed E-state index contributed by atoms with van der Waals surface area (Å²) in [6.07, 6.45) is 11.9. The van der Waals surface area contributed by atoms with E-state index in [2.05, 4.69) is 32.0 Å². The summed E-state index contributed by atoms with van der Waals surface area (Å²) in [4.78, 5) is 0. The molecule has 2 N–H and O–H groups in total. The van der Waals surface area contributed by atoms with Crippen molar-refractivity contribution < 1.29 is 4.74 Å². The first-order valence-corrected chi connectivity index (χ1v) is 8.73. The van der Waals surface area contributed by atoms with Crippen LogP contribution in [0.3, 0.4) is 0 Å². The maximum atomic E-state index is 6.31. The van der Waals surface area contributed by atoms with E-state index >= 15 is 0 Å². The van der Waals surface area contributed by atoms with Crippen molar-refractivity contribution in [3.8, 4) is 5.75 Å². The van der Waals surface area contributed by atoms with Gasteiger partial charge in [0, 0.05) is 18.0 Å². The van der Waals surface area contributed by atoms with E-state index in [0.717, 1.165) is 18.6 Å². The average Bonchev–Trinajstić information content (AvgIpc) is 2.47. The lowest BCUT2D eigenvalue weighted by Gasteiger charge is -2.30. The summed E-state index contributed by atoms with van der Waals surface area (Å²) in [7, 11) is 0. The third kappa shape index (κ3) is 5.03. The fourth-order valence-corrected chi connectivity index (χ4v) is 3.21. The fourth-order valence-electron chi connectivity index (χ4n) is 3.21. The lowest BCUT2D eigenvalue weighted by molar-refractivity contribution is 0.146. The second-order valence-corrected chi connectivity index (χ2v) is 6.53. The van der Waals surface area contributed by atoms with Crippen LogP contribution in [0.5, 0.6) is 5.75 Å². The molecule has 1 aliphatic rings. The first-order chi connectivity index (χ1) is 10.2. The van der Waals surface area contributed by atoms with E-state index in [-0.39, 0.29) is 6.04 Å². The van der Waals surface area contributed by atoms with Crippen molar-refractivity contribution in [2.45, 2.75) is 83.8 Å². The average molecular weight is 289 g/mol. The number of hydrogen-bond donors (Lipinski definition) is 1. The lowest BCUT2D eigenvalue weighted by atomic mass is 9.93. The molecule has 1 unspecified atom stereocenters. The predicted octanol–water partition coefficient (Wildman–Crippen LogP) is 5.29. The van der Waals surface area contributed by atoms with Gasteiger partial charge in [-0.2, -0.15) is 0 Å². The van der Waals surface area contributed by atoms with E-state index in [1.165, 1.54) is 56.1 Å². The zero-order valence-electron chi connectivity index (χ0n) is 13.7. The number of aryl methyl sites for hydroxylation is 1. The van der Waals surface area contributed by atoms with Crippen molar-refractivity contribution in [1.29, 1.82) is 0 Å². The van der Waals surface area contributed by atoms with E-state index in [4.69, 9.17) is 10.5 Å². The minimum Gasteiger partial charge on any atom is -0.490 e. The molecule has 2 atom stereocenters.